The van der Waals surface area contributed by atoms with Gasteiger partial charge in [0.2, 0.25) is 5.91 Å². The lowest BCUT2D eigenvalue weighted by Crippen LogP contribution is -2.56. The van der Waals surface area contributed by atoms with Gasteiger partial charge in [0.15, 0.2) is 0 Å². The molecule has 19 heavy (non-hydrogen) atoms. The first kappa shape index (κ1) is 18.7. The molecule has 1 saturated heterocycles. The Morgan fingerprint density at radius 2 is 2.11 bits per heavy atom. The van der Waals surface area contributed by atoms with Gasteiger partial charge in [0, 0.05) is 13.1 Å². The molecule has 0 aromatic carbocycles. The minimum atomic E-state index is -0.214. The monoisotopic (exact) mass is 292 g/mol. The third-order valence-corrected chi connectivity index (χ3v) is 3.30. The number of ether oxygens (including phenoxy) is 1. The number of nitrogens with one attached hydrogen (secondary N) is 2. The maximum atomic E-state index is 12.1. The maximum absolute atomic E-state index is 12.1. The van der Waals surface area contributed by atoms with E-state index in [0.29, 0.717) is 12.5 Å². The molecule has 0 radical (unpaired) electrons. The van der Waals surface area contributed by atoms with Gasteiger partial charge in [0.05, 0.1) is 12.7 Å². The summed E-state index contributed by atoms with van der Waals surface area (Å²) < 4.78 is 5.48. The highest BCUT2D eigenvalue weighted by Gasteiger charge is 2.29. The van der Waals surface area contributed by atoms with Crippen LogP contribution in [0.15, 0.2) is 0 Å². The second-order valence-electron chi connectivity index (χ2n) is 6.49. The molecule has 0 spiro atoms. The number of carbonyl (C=O) groups is 1. The molecule has 114 valence electrons. The quantitative estimate of drug-likeness (QED) is 0.815. The summed E-state index contributed by atoms with van der Waals surface area (Å²) in [5.74, 6) is 0.700. The van der Waals surface area contributed by atoms with Crippen LogP contribution in [0.3, 0.4) is 0 Å². The molecule has 4 nitrogen and oxygen atoms in total. The Bertz CT molecular complexity index is 283. The van der Waals surface area contributed by atoms with Crippen LogP contribution in [0.25, 0.3) is 0 Å². The summed E-state index contributed by atoms with van der Waals surface area (Å²) >= 11 is 0. The number of hydrogen-bond acceptors (Lipinski definition) is 3. The standard InChI is InChI=1S/C14H28N2O2.ClH/c1-10(2)8-14(4,5)9-16-13(17)12-11(3)18-7-6-15-12;/h10-12,15H,6-9H2,1-5H3,(H,16,17);1H/t11-,12+;/m1./s1. The van der Waals surface area contributed by atoms with Gasteiger partial charge in [-0.15, -0.1) is 12.4 Å². The van der Waals surface area contributed by atoms with E-state index in [1.807, 2.05) is 6.92 Å². The molecular weight excluding hydrogens is 264 g/mol. The van der Waals surface area contributed by atoms with E-state index in [-0.39, 0.29) is 35.9 Å². The van der Waals surface area contributed by atoms with Crippen molar-refractivity contribution < 1.29 is 9.53 Å². The maximum Gasteiger partial charge on any atom is 0.239 e. The molecule has 0 bridgehead atoms. The Labute approximate surface area is 123 Å². The third kappa shape index (κ3) is 6.59. The zero-order valence-electron chi connectivity index (χ0n) is 12.8. The molecule has 1 fully saturated rings. The summed E-state index contributed by atoms with van der Waals surface area (Å²) in [5, 5.41) is 6.26. The molecule has 1 aliphatic heterocycles. The van der Waals surface area contributed by atoms with E-state index in [4.69, 9.17) is 4.74 Å². The highest BCUT2D eigenvalue weighted by atomic mass is 35.5. The second kappa shape index (κ2) is 8.08. The summed E-state index contributed by atoms with van der Waals surface area (Å²) in [7, 11) is 0. The number of hydrogen-bond donors (Lipinski definition) is 2. The zero-order chi connectivity index (χ0) is 13.8. The first-order valence-corrected chi connectivity index (χ1v) is 6.94. The molecule has 1 amide bonds. The van der Waals surface area contributed by atoms with Crippen LogP contribution in [-0.4, -0.2) is 37.7 Å². The van der Waals surface area contributed by atoms with Gasteiger partial charge >= 0.3 is 0 Å². The number of carbonyl (C=O) groups excluding carboxylic acids is 1. The Hall–Kier alpha value is -0.320. The molecule has 1 rings (SSSR count). The molecule has 2 N–H and O–H groups in total. The van der Waals surface area contributed by atoms with Crippen molar-refractivity contribution in [3.05, 3.63) is 0 Å². The van der Waals surface area contributed by atoms with E-state index in [9.17, 15) is 4.79 Å². The van der Waals surface area contributed by atoms with Crippen molar-refractivity contribution in [2.75, 3.05) is 19.7 Å². The minimum absolute atomic E-state index is 0. The summed E-state index contributed by atoms with van der Waals surface area (Å²) in [5.41, 5.74) is 0.141. The Morgan fingerprint density at radius 1 is 1.47 bits per heavy atom. The molecule has 5 heteroatoms. The third-order valence-electron chi connectivity index (χ3n) is 3.30. The van der Waals surface area contributed by atoms with E-state index in [1.165, 1.54) is 0 Å². The van der Waals surface area contributed by atoms with Crippen molar-refractivity contribution in [3.8, 4) is 0 Å². The Kier molecular flexibility index (Phi) is 7.94. The van der Waals surface area contributed by atoms with Crippen LogP contribution in [0, 0.1) is 11.3 Å². The molecule has 0 aromatic heterocycles. The van der Waals surface area contributed by atoms with E-state index in [1.54, 1.807) is 0 Å². The molecule has 2 atom stereocenters. The number of morpholine rings is 1. The van der Waals surface area contributed by atoms with Crippen molar-refractivity contribution >= 4 is 18.3 Å². The fourth-order valence-electron chi connectivity index (χ4n) is 2.64. The van der Waals surface area contributed by atoms with Crippen molar-refractivity contribution in [2.24, 2.45) is 11.3 Å². The van der Waals surface area contributed by atoms with Gasteiger partial charge in [-0.3, -0.25) is 4.79 Å². The molecule has 0 saturated carbocycles. The van der Waals surface area contributed by atoms with Gasteiger partial charge in [-0.1, -0.05) is 27.7 Å². The first-order valence-electron chi connectivity index (χ1n) is 6.94. The fourth-order valence-corrected chi connectivity index (χ4v) is 2.64. The van der Waals surface area contributed by atoms with Crippen LogP contribution >= 0.6 is 12.4 Å². The number of amides is 1. The predicted octanol–water partition coefficient (Wildman–Crippen LogP) is 1.97. The summed E-state index contributed by atoms with van der Waals surface area (Å²) in [6, 6.07) is -0.214. The molecule has 1 aliphatic rings. The van der Waals surface area contributed by atoms with Crippen LogP contribution in [0.2, 0.25) is 0 Å². The van der Waals surface area contributed by atoms with Crippen LogP contribution in [0.4, 0.5) is 0 Å². The van der Waals surface area contributed by atoms with Gasteiger partial charge in [0.25, 0.3) is 0 Å². The number of halogens is 1. The largest absolute Gasteiger partial charge is 0.375 e. The highest BCUT2D eigenvalue weighted by Crippen LogP contribution is 2.24. The average molecular weight is 293 g/mol. The van der Waals surface area contributed by atoms with Crippen molar-refractivity contribution in [1.29, 1.82) is 0 Å². The predicted molar refractivity (Wildman–Crippen MR) is 80.7 cm³/mol. The van der Waals surface area contributed by atoms with Gasteiger partial charge in [-0.2, -0.15) is 0 Å². The second-order valence-corrected chi connectivity index (χ2v) is 6.49. The lowest BCUT2D eigenvalue weighted by molar-refractivity contribution is -0.129. The van der Waals surface area contributed by atoms with E-state index >= 15 is 0 Å². The van der Waals surface area contributed by atoms with E-state index in [0.717, 1.165) is 19.5 Å². The molecule has 0 aromatic rings. The fraction of sp³-hybridized carbons (Fsp3) is 0.929. The van der Waals surface area contributed by atoms with Gasteiger partial charge < -0.3 is 15.4 Å². The zero-order valence-corrected chi connectivity index (χ0v) is 13.6. The van der Waals surface area contributed by atoms with Gasteiger partial charge in [0.1, 0.15) is 6.04 Å². The van der Waals surface area contributed by atoms with Crippen LogP contribution < -0.4 is 10.6 Å². The summed E-state index contributed by atoms with van der Waals surface area (Å²) in [6.07, 6.45) is 1.06. The van der Waals surface area contributed by atoms with Crippen LogP contribution in [-0.2, 0) is 9.53 Å². The van der Waals surface area contributed by atoms with Gasteiger partial charge in [-0.05, 0) is 24.7 Å². The topological polar surface area (TPSA) is 50.4 Å². The smallest absolute Gasteiger partial charge is 0.239 e. The molecular formula is C14H29ClN2O2. The van der Waals surface area contributed by atoms with Gasteiger partial charge in [-0.25, -0.2) is 0 Å². The normalized spacial score (nSPS) is 23.9. The first-order chi connectivity index (χ1) is 8.32. The van der Waals surface area contributed by atoms with Crippen molar-refractivity contribution in [3.63, 3.8) is 0 Å². The van der Waals surface area contributed by atoms with Crippen LogP contribution in [0.1, 0.15) is 41.0 Å². The SMILES string of the molecule is CC(C)CC(C)(C)CNC(=O)[C@H]1NCCO[C@@H]1C.Cl. The molecule has 0 unspecified atom stereocenters. The highest BCUT2D eigenvalue weighted by molar-refractivity contribution is 5.85. The van der Waals surface area contributed by atoms with E-state index in [2.05, 4.69) is 38.3 Å². The average Bonchev–Trinajstić information content (AvgIpc) is 2.25. The molecule has 1 heterocycles. The van der Waals surface area contributed by atoms with Crippen LogP contribution in [0.5, 0.6) is 0 Å². The van der Waals surface area contributed by atoms with Crippen molar-refractivity contribution in [2.45, 2.75) is 53.2 Å². The van der Waals surface area contributed by atoms with E-state index < -0.39 is 0 Å². The lowest BCUT2D eigenvalue weighted by Gasteiger charge is -2.32. The Balaban J connectivity index is 0.00000324. The Morgan fingerprint density at radius 3 is 2.63 bits per heavy atom. The summed E-state index contributed by atoms with van der Waals surface area (Å²) in [4.78, 5) is 12.1. The lowest BCUT2D eigenvalue weighted by atomic mass is 9.84. The molecule has 0 aliphatic carbocycles. The van der Waals surface area contributed by atoms with Crippen molar-refractivity contribution in [1.82, 2.24) is 10.6 Å². The summed E-state index contributed by atoms with van der Waals surface area (Å²) in [6.45, 7) is 12.9. The number of rotatable bonds is 5. The minimum Gasteiger partial charge on any atom is -0.375 e.